The van der Waals surface area contributed by atoms with Gasteiger partial charge < -0.3 is 14.8 Å². The van der Waals surface area contributed by atoms with E-state index in [0.29, 0.717) is 23.5 Å². The highest BCUT2D eigenvalue weighted by Gasteiger charge is 2.19. The van der Waals surface area contributed by atoms with Crippen molar-refractivity contribution in [2.24, 2.45) is 0 Å². The molecule has 2 rings (SSSR count). The van der Waals surface area contributed by atoms with Crippen LogP contribution in [0.1, 0.15) is 47.1 Å². The maximum atomic E-state index is 12.7. The summed E-state index contributed by atoms with van der Waals surface area (Å²) in [6.45, 7) is 8.69. The van der Waals surface area contributed by atoms with Crippen LogP contribution in [0.25, 0.3) is 0 Å². The molecule has 1 atom stereocenters. The van der Waals surface area contributed by atoms with Gasteiger partial charge >= 0.3 is 5.97 Å². The molecule has 0 saturated heterocycles. The molecule has 0 fully saturated rings. The van der Waals surface area contributed by atoms with E-state index in [9.17, 15) is 14.4 Å². The van der Waals surface area contributed by atoms with Crippen LogP contribution in [0.2, 0.25) is 0 Å². The Balaban J connectivity index is 2.21. The molecule has 146 valence electrons. The van der Waals surface area contributed by atoms with Crippen molar-refractivity contribution in [2.75, 3.05) is 6.61 Å². The lowest BCUT2D eigenvalue weighted by atomic mass is 10.0. The van der Waals surface area contributed by atoms with Crippen LogP contribution in [0.3, 0.4) is 0 Å². The van der Waals surface area contributed by atoms with Gasteiger partial charge in [-0.1, -0.05) is 36.9 Å². The monoisotopic (exact) mass is 381 g/mol. The number of benzene rings is 2. The fourth-order valence-corrected chi connectivity index (χ4v) is 2.43. The minimum absolute atomic E-state index is 0.195. The number of hydrogen-bond donors (Lipinski definition) is 1. The maximum Gasteiger partial charge on any atom is 0.335 e. The topological polar surface area (TPSA) is 81.7 Å². The minimum atomic E-state index is -0.835. The van der Waals surface area contributed by atoms with Crippen LogP contribution in [0, 0.1) is 0 Å². The molecule has 1 N–H and O–H groups in total. The fourth-order valence-electron chi connectivity index (χ4n) is 2.43. The third-order valence-corrected chi connectivity index (χ3v) is 3.79. The average Bonchev–Trinajstić information content (AvgIpc) is 2.68. The van der Waals surface area contributed by atoms with Gasteiger partial charge in [-0.25, -0.2) is 4.79 Å². The summed E-state index contributed by atoms with van der Waals surface area (Å²) in [5.41, 5.74) is 1.42. The second-order valence-electron chi connectivity index (χ2n) is 6.14. The van der Waals surface area contributed by atoms with E-state index in [1.165, 1.54) is 26.0 Å². The maximum absolute atomic E-state index is 12.7. The van der Waals surface area contributed by atoms with Gasteiger partial charge in [-0.05, 0) is 39.0 Å². The van der Waals surface area contributed by atoms with Gasteiger partial charge in [0, 0.05) is 16.7 Å². The third kappa shape index (κ3) is 5.30. The zero-order chi connectivity index (χ0) is 20.7. The number of esters is 1. The molecule has 0 spiro atoms. The van der Waals surface area contributed by atoms with Gasteiger partial charge in [-0.2, -0.15) is 0 Å². The molecule has 0 aliphatic heterocycles. The van der Waals surface area contributed by atoms with Crippen molar-refractivity contribution in [3.05, 3.63) is 77.4 Å². The number of carbonyl (C=O) groups excluding carboxylic acids is 3. The molecule has 2 aromatic rings. The molecule has 0 bridgehead atoms. The van der Waals surface area contributed by atoms with Crippen LogP contribution in [-0.4, -0.2) is 30.5 Å². The highest BCUT2D eigenvalue weighted by Crippen LogP contribution is 2.24. The predicted octanol–water partition coefficient (Wildman–Crippen LogP) is 3.51. The summed E-state index contributed by atoms with van der Waals surface area (Å²) in [5.74, 6) is -0.927. The molecule has 1 amide bonds. The lowest BCUT2D eigenvalue weighted by Crippen LogP contribution is -2.36. The van der Waals surface area contributed by atoms with Crippen LogP contribution in [-0.2, 0) is 9.53 Å². The van der Waals surface area contributed by atoms with Crippen LogP contribution in [0.5, 0.6) is 5.75 Å². The van der Waals surface area contributed by atoms with E-state index in [2.05, 4.69) is 11.9 Å². The van der Waals surface area contributed by atoms with E-state index >= 15 is 0 Å². The van der Waals surface area contributed by atoms with E-state index < -0.39 is 18.1 Å². The highest BCUT2D eigenvalue weighted by molar-refractivity contribution is 6.11. The molecule has 1 unspecified atom stereocenters. The number of carbonyl (C=O) groups is 3. The molecule has 28 heavy (non-hydrogen) atoms. The number of rotatable bonds is 8. The summed E-state index contributed by atoms with van der Waals surface area (Å²) < 4.78 is 10.6. The number of hydrogen-bond acceptors (Lipinski definition) is 5. The zero-order valence-corrected chi connectivity index (χ0v) is 16.2. The van der Waals surface area contributed by atoms with Crippen molar-refractivity contribution in [3.63, 3.8) is 0 Å². The van der Waals surface area contributed by atoms with Gasteiger partial charge in [0.2, 0.25) is 0 Å². The fraction of sp³-hybridized carbons (Fsp3) is 0.227. The zero-order valence-electron chi connectivity index (χ0n) is 16.2. The second-order valence-corrected chi connectivity index (χ2v) is 6.14. The number of ketones is 1. The standard InChI is InChI=1S/C22H23NO5/c1-5-27-19-13-17(21(25)23-15(4)28-22(26)14(2)3)11-12-18(19)20(24)16-9-7-6-8-10-16/h6-13,15H,2,5H2,1,3-4H3,(H,23,25). The molecular weight excluding hydrogens is 358 g/mol. The Kier molecular flexibility index (Phi) is 7.09. The summed E-state index contributed by atoms with van der Waals surface area (Å²) in [4.78, 5) is 36.7. The lowest BCUT2D eigenvalue weighted by molar-refractivity contribution is -0.144. The first kappa shape index (κ1) is 20.9. The molecule has 6 heteroatoms. The Hall–Kier alpha value is -3.41. The quantitative estimate of drug-likeness (QED) is 0.327. The summed E-state index contributed by atoms with van der Waals surface area (Å²) in [6, 6.07) is 13.4. The second kappa shape index (κ2) is 9.50. The van der Waals surface area contributed by atoms with E-state index in [1.807, 2.05) is 6.07 Å². The van der Waals surface area contributed by atoms with Crippen LogP contribution < -0.4 is 10.1 Å². The average molecular weight is 381 g/mol. The number of amides is 1. The van der Waals surface area contributed by atoms with E-state index in [0.717, 1.165) is 0 Å². The molecular formula is C22H23NO5. The van der Waals surface area contributed by atoms with Gasteiger partial charge in [0.25, 0.3) is 5.91 Å². The van der Waals surface area contributed by atoms with Gasteiger partial charge in [0.05, 0.1) is 12.2 Å². The van der Waals surface area contributed by atoms with Crippen molar-refractivity contribution in [2.45, 2.75) is 27.0 Å². The molecule has 0 radical (unpaired) electrons. The third-order valence-electron chi connectivity index (χ3n) is 3.79. The van der Waals surface area contributed by atoms with Crippen molar-refractivity contribution in [1.82, 2.24) is 5.32 Å². The Labute approximate surface area is 164 Å². The largest absolute Gasteiger partial charge is 0.493 e. The van der Waals surface area contributed by atoms with Gasteiger partial charge in [-0.3, -0.25) is 9.59 Å². The molecule has 0 aliphatic carbocycles. The Bertz CT molecular complexity index is 889. The summed E-state index contributed by atoms with van der Waals surface area (Å²) in [7, 11) is 0. The number of ether oxygens (including phenoxy) is 2. The van der Waals surface area contributed by atoms with Gasteiger partial charge in [0.1, 0.15) is 5.75 Å². The smallest absolute Gasteiger partial charge is 0.335 e. The Morgan fingerprint density at radius 1 is 1.07 bits per heavy atom. The molecule has 0 saturated carbocycles. The highest BCUT2D eigenvalue weighted by atomic mass is 16.6. The molecule has 0 aliphatic rings. The van der Waals surface area contributed by atoms with Crippen LogP contribution in [0.4, 0.5) is 0 Å². The Morgan fingerprint density at radius 2 is 1.75 bits per heavy atom. The first-order chi connectivity index (χ1) is 13.3. The summed E-state index contributed by atoms with van der Waals surface area (Å²) >= 11 is 0. The van der Waals surface area contributed by atoms with Crippen molar-refractivity contribution < 1.29 is 23.9 Å². The lowest BCUT2D eigenvalue weighted by Gasteiger charge is -2.16. The van der Waals surface area contributed by atoms with Crippen molar-refractivity contribution in [1.29, 1.82) is 0 Å². The van der Waals surface area contributed by atoms with Crippen LogP contribution in [0.15, 0.2) is 60.7 Å². The Morgan fingerprint density at radius 3 is 2.36 bits per heavy atom. The van der Waals surface area contributed by atoms with E-state index in [-0.39, 0.29) is 16.9 Å². The normalized spacial score (nSPS) is 11.2. The molecule has 0 aromatic heterocycles. The van der Waals surface area contributed by atoms with Crippen LogP contribution >= 0.6 is 0 Å². The SMILES string of the molecule is C=C(C)C(=O)OC(C)NC(=O)c1ccc(C(=O)c2ccccc2)c(OCC)c1. The van der Waals surface area contributed by atoms with E-state index in [4.69, 9.17) is 9.47 Å². The molecule has 6 nitrogen and oxygen atoms in total. The predicted molar refractivity (Wildman–Crippen MR) is 105 cm³/mol. The first-order valence-electron chi connectivity index (χ1n) is 8.87. The molecule has 0 heterocycles. The summed E-state index contributed by atoms with van der Waals surface area (Å²) in [5, 5.41) is 2.57. The summed E-state index contributed by atoms with van der Waals surface area (Å²) in [6.07, 6.45) is -0.835. The van der Waals surface area contributed by atoms with Gasteiger partial charge in [-0.15, -0.1) is 0 Å². The molecule has 2 aromatic carbocycles. The van der Waals surface area contributed by atoms with Gasteiger partial charge in [0.15, 0.2) is 12.0 Å². The number of nitrogens with one attached hydrogen (secondary N) is 1. The van der Waals surface area contributed by atoms with E-state index in [1.54, 1.807) is 37.3 Å². The van der Waals surface area contributed by atoms with Crippen molar-refractivity contribution >= 4 is 17.7 Å². The van der Waals surface area contributed by atoms with Crippen molar-refractivity contribution in [3.8, 4) is 5.75 Å². The minimum Gasteiger partial charge on any atom is -0.493 e. The first-order valence-corrected chi connectivity index (χ1v) is 8.87.